The first kappa shape index (κ1) is 34.0. The zero-order chi connectivity index (χ0) is 33.3. The minimum Gasteiger partial charge on any atom is -0.480 e. The van der Waals surface area contributed by atoms with Crippen LogP contribution in [0.1, 0.15) is 69.6 Å². The average Bonchev–Trinajstić information content (AvgIpc) is 3.32. The number of rotatable bonds is 13. The number of alkyl carbamates (subject to hydrolysis) is 2. The molecular formula is C36H43N3O7. The molecule has 46 heavy (non-hydrogen) atoms. The van der Waals surface area contributed by atoms with Crippen molar-refractivity contribution < 1.29 is 33.8 Å². The highest BCUT2D eigenvalue weighted by Gasteiger charge is 2.37. The third-order valence-corrected chi connectivity index (χ3v) is 7.81. The van der Waals surface area contributed by atoms with Gasteiger partial charge >= 0.3 is 18.2 Å². The van der Waals surface area contributed by atoms with E-state index in [4.69, 9.17) is 9.47 Å². The van der Waals surface area contributed by atoms with Crippen molar-refractivity contribution in [3.63, 3.8) is 0 Å². The van der Waals surface area contributed by atoms with Gasteiger partial charge in [-0.1, -0.05) is 78.9 Å². The summed E-state index contributed by atoms with van der Waals surface area (Å²) in [7, 11) is 0. The highest BCUT2D eigenvalue weighted by molar-refractivity contribution is 5.91. The smallest absolute Gasteiger partial charge is 0.407 e. The number of hydrogen-bond donors (Lipinski definition) is 4. The monoisotopic (exact) mass is 629 g/mol. The molecule has 10 heteroatoms. The summed E-state index contributed by atoms with van der Waals surface area (Å²) < 4.78 is 10.9. The summed E-state index contributed by atoms with van der Waals surface area (Å²) in [6.45, 7) is 7.12. The third kappa shape index (κ3) is 9.09. The Hall–Kier alpha value is -4.86. The second-order valence-electron chi connectivity index (χ2n) is 12.7. The molecule has 4 N–H and O–H groups in total. The van der Waals surface area contributed by atoms with E-state index >= 15 is 0 Å². The van der Waals surface area contributed by atoms with Gasteiger partial charge in [0, 0.05) is 18.9 Å². The summed E-state index contributed by atoms with van der Waals surface area (Å²) in [5.74, 6) is -2.01. The van der Waals surface area contributed by atoms with Crippen molar-refractivity contribution in [2.75, 3.05) is 13.2 Å². The molecule has 0 aliphatic heterocycles. The topological polar surface area (TPSA) is 143 Å². The van der Waals surface area contributed by atoms with Crippen molar-refractivity contribution in [1.82, 2.24) is 16.0 Å². The fraction of sp³-hybridized carbons (Fsp3) is 0.389. The summed E-state index contributed by atoms with van der Waals surface area (Å²) in [5, 5.41) is 18.1. The van der Waals surface area contributed by atoms with Crippen LogP contribution < -0.4 is 16.0 Å². The summed E-state index contributed by atoms with van der Waals surface area (Å²) in [5.41, 5.74) is 2.78. The van der Waals surface area contributed by atoms with Crippen molar-refractivity contribution >= 4 is 24.1 Å². The van der Waals surface area contributed by atoms with E-state index in [1.54, 1.807) is 45.0 Å². The maximum Gasteiger partial charge on any atom is 0.407 e. The van der Waals surface area contributed by atoms with Crippen LogP contribution in [0.4, 0.5) is 9.59 Å². The lowest BCUT2D eigenvalue weighted by Gasteiger charge is -2.29. The zero-order valence-corrected chi connectivity index (χ0v) is 26.8. The molecule has 0 saturated heterocycles. The van der Waals surface area contributed by atoms with Gasteiger partial charge in [-0.2, -0.15) is 0 Å². The summed E-state index contributed by atoms with van der Waals surface area (Å²) in [4.78, 5) is 51.0. The standard InChI is InChI=1S/C36H43N3O7/c1-35(2,3)46-33(43)37-21-13-12-20-30(31(40)39-36(4,32(41)42)22-24-14-6-5-7-15-24)38-34(44)45-23-29-27-18-10-8-16-25(27)26-17-9-11-19-28(26)29/h5-11,14-19,29-30H,12-13,20-23H2,1-4H3,(H,37,43)(H,38,44)(H,39,40)(H,41,42)/t30-,36+/m0/s1. The minimum atomic E-state index is -1.63. The molecule has 4 rings (SSSR count). The van der Waals surface area contributed by atoms with Gasteiger partial charge in [-0.25, -0.2) is 14.4 Å². The Labute approximate surface area is 269 Å². The quantitative estimate of drug-likeness (QED) is 0.175. The Morgan fingerprint density at radius 2 is 1.39 bits per heavy atom. The molecule has 2 atom stereocenters. The lowest BCUT2D eigenvalue weighted by Crippen LogP contribution is -2.59. The molecular weight excluding hydrogens is 586 g/mol. The molecule has 244 valence electrons. The van der Waals surface area contributed by atoms with Gasteiger partial charge in [-0.15, -0.1) is 0 Å². The number of carbonyl (C=O) groups excluding carboxylic acids is 3. The van der Waals surface area contributed by atoms with Crippen molar-refractivity contribution in [2.24, 2.45) is 0 Å². The van der Waals surface area contributed by atoms with Gasteiger partial charge < -0.3 is 30.5 Å². The molecule has 3 aromatic carbocycles. The predicted octanol–water partition coefficient (Wildman–Crippen LogP) is 5.79. The SMILES string of the molecule is CC(C)(C)OC(=O)NCCCC[C@H](NC(=O)OCC1c2ccccc2-c2ccccc21)C(=O)N[C@](C)(Cc1ccccc1)C(=O)O. The normalized spacial score (nSPS) is 14.2. The van der Waals surface area contributed by atoms with Crippen LogP contribution in [0.25, 0.3) is 11.1 Å². The Morgan fingerprint density at radius 1 is 0.804 bits per heavy atom. The van der Waals surface area contributed by atoms with Crippen molar-refractivity contribution in [2.45, 2.75) is 76.5 Å². The van der Waals surface area contributed by atoms with Crippen LogP contribution in [0.3, 0.4) is 0 Å². The maximum atomic E-state index is 13.6. The Morgan fingerprint density at radius 3 is 1.98 bits per heavy atom. The van der Waals surface area contributed by atoms with Crippen LogP contribution in [-0.2, 0) is 25.5 Å². The van der Waals surface area contributed by atoms with Crippen LogP contribution in [0.5, 0.6) is 0 Å². The van der Waals surface area contributed by atoms with E-state index in [2.05, 4.69) is 16.0 Å². The van der Waals surface area contributed by atoms with E-state index in [9.17, 15) is 24.3 Å². The molecule has 0 saturated carbocycles. The second kappa shape index (κ2) is 14.9. The summed E-state index contributed by atoms with van der Waals surface area (Å²) >= 11 is 0. The van der Waals surface area contributed by atoms with Gasteiger partial charge in [-0.05, 0) is 74.8 Å². The average molecular weight is 630 g/mol. The largest absolute Gasteiger partial charge is 0.480 e. The molecule has 0 spiro atoms. The number of carbonyl (C=O) groups is 4. The molecule has 10 nitrogen and oxygen atoms in total. The van der Waals surface area contributed by atoms with Crippen molar-refractivity contribution in [1.29, 1.82) is 0 Å². The number of fused-ring (bicyclic) bond motifs is 3. The van der Waals surface area contributed by atoms with Gasteiger partial charge in [0.15, 0.2) is 0 Å². The second-order valence-corrected chi connectivity index (χ2v) is 12.7. The number of carboxylic acids is 1. The third-order valence-electron chi connectivity index (χ3n) is 7.81. The molecule has 1 aliphatic rings. The number of ether oxygens (including phenoxy) is 2. The molecule has 0 bridgehead atoms. The van der Waals surface area contributed by atoms with Gasteiger partial charge in [-0.3, -0.25) is 4.79 Å². The Balaban J connectivity index is 1.42. The fourth-order valence-corrected chi connectivity index (χ4v) is 5.57. The highest BCUT2D eigenvalue weighted by atomic mass is 16.6. The lowest BCUT2D eigenvalue weighted by atomic mass is 9.92. The van der Waals surface area contributed by atoms with E-state index in [1.807, 2.05) is 54.6 Å². The Bertz CT molecular complexity index is 1490. The molecule has 0 radical (unpaired) electrons. The van der Waals surface area contributed by atoms with E-state index in [0.29, 0.717) is 19.4 Å². The number of benzene rings is 3. The van der Waals surface area contributed by atoms with E-state index < -0.39 is 41.2 Å². The number of amides is 3. The Kier molecular flexibility index (Phi) is 11.1. The number of unbranched alkanes of at least 4 members (excludes halogenated alkanes) is 1. The summed E-state index contributed by atoms with van der Waals surface area (Å²) in [6, 6.07) is 23.9. The van der Waals surface area contributed by atoms with E-state index in [0.717, 1.165) is 27.8 Å². The zero-order valence-electron chi connectivity index (χ0n) is 26.8. The number of aliphatic carboxylic acids is 1. The number of nitrogens with one attached hydrogen (secondary N) is 3. The number of carboxylic acid groups (broad SMARTS) is 1. The first-order valence-corrected chi connectivity index (χ1v) is 15.5. The van der Waals surface area contributed by atoms with Crippen molar-refractivity contribution in [3.05, 3.63) is 95.6 Å². The molecule has 0 aromatic heterocycles. The van der Waals surface area contributed by atoms with Gasteiger partial charge in [0.25, 0.3) is 0 Å². The molecule has 0 fully saturated rings. The van der Waals surface area contributed by atoms with Gasteiger partial charge in [0.05, 0.1) is 0 Å². The molecule has 3 aromatic rings. The maximum absolute atomic E-state index is 13.6. The van der Waals surface area contributed by atoms with Crippen LogP contribution >= 0.6 is 0 Å². The number of hydrogen-bond acceptors (Lipinski definition) is 6. The van der Waals surface area contributed by atoms with Crippen LogP contribution in [0.2, 0.25) is 0 Å². The molecule has 0 heterocycles. The first-order chi connectivity index (χ1) is 21.9. The van der Waals surface area contributed by atoms with Gasteiger partial charge in [0.2, 0.25) is 5.91 Å². The highest BCUT2D eigenvalue weighted by Crippen LogP contribution is 2.44. The minimum absolute atomic E-state index is 0.0480. The fourth-order valence-electron chi connectivity index (χ4n) is 5.57. The molecule has 1 aliphatic carbocycles. The van der Waals surface area contributed by atoms with Crippen LogP contribution in [-0.4, -0.2) is 59.5 Å². The predicted molar refractivity (Wildman–Crippen MR) is 174 cm³/mol. The van der Waals surface area contributed by atoms with Gasteiger partial charge in [0.1, 0.15) is 23.8 Å². The van der Waals surface area contributed by atoms with Crippen LogP contribution in [0, 0.1) is 0 Å². The van der Waals surface area contributed by atoms with E-state index in [1.165, 1.54) is 6.92 Å². The molecule has 3 amide bonds. The van der Waals surface area contributed by atoms with Crippen LogP contribution in [0.15, 0.2) is 78.9 Å². The summed E-state index contributed by atoms with van der Waals surface area (Å²) in [6.07, 6.45) is -0.152. The first-order valence-electron chi connectivity index (χ1n) is 15.5. The molecule has 0 unspecified atom stereocenters. The lowest BCUT2D eigenvalue weighted by molar-refractivity contribution is -0.147. The van der Waals surface area contributed by atoms with Crippen molar-refractivity contribution in [3.8, 4) is 11.1 Å². The van der Waals surface area contributed by atoms with E-state index in [-0.39, 0.29) is 25.4 Å².